The number of morpholine rings is 1. The summed E-state index contributed by atoms with van der Waals surface area (Å²) in [4.78, 5) is 13.3. The molecule has 4 unspecified atom stereocenters. The molecule has 1 aliphatic heterocycles. The molecular weight excluding hydrogens is 194 g/mol. The third kappa shape index (κ3) is 2.01. The van der Waals surface area contributed by atoms with Crippen LogP contribution in [0.25, 0.3) is 0 Å². The van der Waals surface area contributed by atoms with E-state index in [4.69, 9.17) is 9.84 Å². The van der Waals surface area contributed by atoms with Crippen molar-refractivity contribution in [3.05, 3.63) is 0 Å². The maximum absolute atomic E-state index is 11.0. The first kappa shape index (κ1) is 10.9. The predicted octanol–water partition coefficient (Wildman–Crippen LogP) is 0.959. The van der Waals surface area contributed by atoms with Crippen molar-refractivity contribution >= 4 is 5.97 Å². The van der Waals surface area contributed by atoms with E-state index in [0.717, 1.165) is 26.0 Å². The van der Waals surface area contributed by atoms with Crippen LogP contribution < -0.4 is 0 Å². The molecule has 0 bridgehead atoms. The Kier molecular flexibility index (Phi) is 2.98. The molecule has 0 aromatic carbocycles. The Labute approximate surface area is 90.2 Å². The Morgan fingerprint density at radius 1 is 1.40 bits per heavy atom. The lowest BCUT2D eigenvalue weighted by Crippen LogP contribution is -2.58. The van der Waals surface area contributed by atoms with Gasteiger partial charge in [-0.3, -0.25) is 9.69 Å². The third-order valence-electron chi connectivity index (χ3n) is 3.64. The molecule has 2 fully saturated rings. The van der Waals surface area contributed by atoms with Gasteiger partial charge in [-0.2, -0.15) is 0 Å². The molecule has 15 heavy (non-hydrogen) atoms. The minimum atomic E-state index is -0.641. The standard InChI is InChI=1S/C11H19NO3/c1-7-6-15-8(2)5-12(7)10-4-3-9(10)11(13)14/h7-10H,3-6H2,1-2H3,(H,13,14). The molecule has 4 heteroatoms. The minimum absolute atomic E-state index is 0.155. The highest BCUT2D eigenvalue weighted by Crippen LogP contribution is 2.34. The quantitative estimate of drug-likeness (QED) is 0.742. The summed E-state index contributed by atoms with van der Waals surface area (Å²) in [6.45, 7) is 5.76. The van der Waals surface area contributed by atoms with Gasteiger partial charge in [0, 0.05) is 18.6 Å². The number of carboxylic acid groups (broad SMARTS) is 1. The van der Waals surface area contributed by atoms with Gasteiger partial charge in [0.25, 0.3) is 0 Å². The highest BCUT2D eigenvalue weighted by molar-refractivity contribution is 5.72. The van der Waals surface area contributed by atoms with E-state index in [9.17, 15) is 4.79 Å². The molecule has 4 atom stereocenters. The molecule has 0 amide bonds. The van der Waals surface area contributed by atoms with Crippen LogP contribution >= 0.6 is 0 Å². The average molecular weight is 213 g/mol. The zero-order chi connectivity index (χ0) is 11.0. The second-order valence-electron chi connectivity index (χ2n) is 4.78. The van der Waals surface area contributed by atoms with Crippen LogP contribution in [0.15, 0.2) is 0 Å². The second kappa shape index (κ2) is 4.10. The van der Waals surface area contributed by atoms with Gasteiger partial charge < -0.3 is 9.84 Å². The van der Waals surface area contributed by atoms with Gasteiger partial charge in [-0.1, -0.05) is 0 Å². The van der Waals surface area contributed by atoms with Crippen molar-refractivity contribution in [3.8, 4) is 0 Å². The van der Waals surface area contributed by atoms with E-state index < -0.39 is 5.97 Å². The molecule has 0 aromatic rings. The van der Waals surface area contributed by atoms with Gasteiger partial charge in [-0.15, -0.1) is 0 Å². The van der Waals surface area contributed by atoms with E-state index in [1.54, 1.807) is 0 Å². The highest BCUT2D eigenvalue weighted by atomic mass is 16.5. The summed E-state index contributed by atoms with van der Waals surface area (Å²) in [5, 5.41) is 9.03. The fraction of sp³-hybridized carbons (Fsp3) is 0.909. The van der Waals surface area contributed by atoms with E-state index in [-0.39, 0.29) is 18.1 Å². The lowest BCUT2D eigenvalue weighted by Gasteiger charge is -2.48. The van der Waals surface area contributed by atoms with Crippen LogP contribution in [0.4, 0.5) is 0 Å². The molecule has 1 aliphatic carbocycles. The zero-order valence-corrected chi connectivity index (χ0v) is 9.35. The molecule has 1 saturated heterocycles. The smallest absolute Gasteiger partial charge is 0.308 e. The fourth-order valence-electron chi connectivity index (χ4n) is 2.56. The number of ether oxygens (including phenoxy) is 1. The minimum Gasteiger partial charge on any atom is -0.481 e. The molecule has 0 spiro atoms. The number of hydrogen-bond donors (Lipinski definition) is 1. The van der Waals surface area contributed by atoms with Crippen molar-refractivity contribution in [1.82, 2.24) is 4.90 Å². The molecule has 1 heterocycles. The SMILES string of the molecule is CC1CN(C2CCC2C(=O)O)C(C)CO1. The highest BCUT2D eigenvalue weighted by Gasteiger charge is 2.43. The van der Waals surface area contributed by atoms with Gasteiger partial charge in [0.1, 0.15) is 0 Å². The van der Waals surface area contributed by atoms with Crippen molar-refractivity contribution in [2.75, 3.05) is 13.2 Å². The predicted molar refractivity (Wildman–Crippen MR) is 55.7 cm³/mol. The van der Waals surface area contributed by atoms with Crippen LogP contribution in [0.2, 0.25) is 0 Å². The van der Waals surface area contributed by atoms with Crippen molar-refractivity contribution < 1.29 is 14.6 Å². The van der Waals surface area contributed by atoms with Crippen molar-refractivity contribution in [1.29, 1.82) is 0 Å². The molecule has 1 saturated carbocycles. The molecule has 2 aliphatic rings. The van der Waals surface area contributed by atoms with Crippen LogP contribution in [0, 0.1) is 5.92 Å². The Morgan fingerprint density at radius 2 is 2.13 bits per heavy atom. The number of hydrogen-bond acceptors (Lipinski definition) is 3. The van der Waals surface area contributed by atoms with E-state index in [1.807, 2.05) is 6.92 Å². The largest absolute Gasteiger partial charge is 0.481 e. The van der Waals surface area contributed by atoms with Crippen molar-refractivity contribution in [3.63, 3.8) is 0 Å². The van der Waals surface area contributed by atoms with Crippen LogP contribution in [-0.2, 0) is 9.53 Å². The van der Waals surface area contributed by atoms with Crippen molar-refractivity contribution in [2.24, 2.45) is 5.92 Å². The first-order valence-corrected chi connectivity index (χ1v) is 5.69. The molecule has 1 N–H and O–H groups in total. The molecule has 86 valence electrons. The number of nitrogens with zero attached hydrogens (tertiary/aromatic N) is 1. The third-order valence-corrected chi connectivity index (χ3v) is 3.64. The van der Waals surface area contributed by atoms with Crippen LogP contribution in [0.3, 0.4) is 0 Å². The average Bonchev–Trinajstić information content (AvgIpc) is 2.08. The monoisotopic (exact) mass is 213 g/mol. The summed E-state index contributed by atoms with van der Waals surface area (Å²) in [5.74, 6) is -0.796. The Balaban J connectivity index is 1.99. The van der Waals surface area contributed by atoms with Crippen molar-refractivity contribution in [2.45, 2.75) is 44.9 Å². The van der Waals surface area contributed by atoms with Gasteiger partial charge in [0.05, 0.1) is 18.6 Å². The number of carboxylic acids is 1. The number of aliphatic carboxylic acids is 1. The topological polar surface area (TPSA) is 49.8 Å². The van der Waals surface area contributed by atoms with Crippen LogP contribution in [-0.4, -0.2) is 47.3 Å². The molecule has 0 aromatic heterocycles. The number of rotatable bonds is 2. The van der Waals surface area contributed by atoms with Gasteiger partial charge in [0.15, 0.2) is 0 Å². The summed E-state index contributed by atoms with van der Waals surface area (Å²) < 4.78 is 5.55. The summed E-state index contributed by atoms with van der Waals surface area (Å²) in [7, 11) is 0. The summed E-state index contributed by atoms with van der Waals surface area (Å²) >= 11 is 0. The Hall–Kier alpha value is -0.610. The first-order chi connectivity index (χ1) is 7.09. The second-order valence-corrected chi connectivity index (χ2v) is 4.78. The van der Waals surface area contributed by atoms with Gasteiger partial charge in [-0.05, 0) is 26.7 Å². The maximum atomic E-state index is 11.0. The van der Waals surface area contributed by atoms with E-state index in [0.29, 0.717) is 6.04 Å². The van der Waals surface area contributed by atoms with E-state index >= 15 is 0 Å². The van der Waals surface area contributed by atoms with Gasteiger partial charge >= 0.3 is 5.97 Å². The zero-order valence-electron chi connectivity index (χ0n) is 9.35. The number of carbonyl (C=O) groups is 1. The van der Waals surface area contributed by atoms with E-state index in [1.165, 1.54) is 0 Å². The summed E-state index contributed by atoms with van der Waals surface area (Å²) in [6, 6.07) is 0.595. The normalized spacial score (nSPS) is 42.3. The van der Waals surface area contributed by atoms with Gasteiger partial charge in [-0.25, -0.2) is 0 Å². The Bertz CT molecular complexity index is 256. The Morgan fingerprint density at radius 3 is 2.67 bits per heavy atom. The molecule has 0 radical (unpaired) electrons. The van der Waals surface area contributed by atoms with Gasteiger partial charge in [0.2, 0.25) is 0 Å². The maximum Gasteiger partial charge on any atom is 0.308 e. The first-order valence-electron chi connectivity index (χ1n) is 5.69. The lowest BCUT2D eigenvalue weighted by atomic mass is 9.77. The lowest BCUT2D eigenvalue weighted by molar-refractivity contribution is -0.154. The molecular formula is C11H19NO3. The van der Waals surface area contributed by atoms with E-state index in [2.05, 4.69) is 11.8 Å². The van der Waals surface area contributed by atoms with Crippen LogP contribution in [0.1, 0.15) is 26.7 Å². The van der Waals surface area contributed by atoms with Crippen LogP contribution in [0.5, 0.6) is 0 Å². The molecule has 2 rings (SSSR count). The fourth-order valence-corrected chi connectivity index (χ4v) is 2.56. The summed E-state index contributed by atoms with van der Waals surface area (Å²) in [5.41, 5.74) is 0. The summed E-state index contributed by atoms with van der Waals surface area (Å²) in [6.07, 6.45) is 2.09. The molecule has 4 nitrogen and oxygen atoms in total.